The zero-order valence-electron chi connectivity index (χ0n) is 21.0. The number of phenolic OH excluding ortho intramolecular Hbond substituents is 2. The van der Waals surface area contributed by atoms with Crippen LogP contribution in [0.3, 0.4) is 0 Å². The molecule has 0 fully saturated rings. The number of hydrogen-bond acceptors (Lipinski definition) is 4. The van der Waals surface area contributed by atoms with E-state index in [0.717, 1.165) is 38.0 Å². The van der Waals surface area contributed by atoms with Crippen LogP contribution in [0.1, 0.15) is 59.1 Å². The zero-order chi connectivity index (χ0) is 26.8. The summed E-state index contributed by atoms with van der Waals surface area (Å²) < 4.78 is 8.25. The van der Waals surface area contributed by atoms with Gasteiger partial charge in [-0.15, -0.1) is 0 Å². The number of carbonyl (C=O) groups excluding carboxylic acids is 1. The zero-order valence-corrected chi connectivity index (χ0v) is 22.6. The predicted octanol–water partition coefficient (Wildman–Crippen LogP) is 6.93. The maximum absolute atomic E-state index is 11.9. The Morgan fingerprint density at radius 3 is 1.73 bits per heavy atom. The molecule has 0 saturated carbocycles. The minimum atomic E-state index is -0.289. The molecule has 0 spiro atoms. The standard InChI is InChI=1S/C32H30O3.O.Ti/c1-22(25-9-5-3-6-10-25)19-24-13-15-27(16-14-24)30(21-33)29-18-17-28(31(34)32(29)35)20-23(2)26-11-7-4-8-12-26;;/h3-18,22-23,34-35H,19-20H2,1-2H3;;. The van der Waals surface area contributed by atoms with Crippen molar-refractivity contribution in [1.82, 2.24) is 0 Å². The fourth-order valence-corrected chi connectivity index (χ4v) is 4.55. The second-order valence-electron chi connectivity index (χ2n) is 9.18. The fraction of sp³-hybridized carbons (Fsp3) is 0.188. The summed E-state index contributed by atoms with van der Waals surface area (Å²) in [6.45, 7) is 4.28. The van der Waals surface area contributed by atoms with Crippen molar-refractivity contribution in [2.45, 2.75) is 38.5 Å². The molecule has 0 amide bonds. The summed E-state index contributed by atoms with van der Waals surface area (Å²) in [6.07, 6.45) is 1.45. The second-order valence-corrected chi connectivity index (χ2v) is 9.18. The van der Waals surface area contributed by atoms with Crippen LogP contribution in [0.5, 0.6) is 11.5 Å². The molecule has 2 N–H and O–H groups in total. The van der Waals surface area contributed by atoms with E-state index in [9.17, 15) is 15.0 Å². The SMILES string of the molecule is CC(Cc1ccc(C(=C=O)c2ccc(CC(C)c3ccccc3)c(O)c2O)cc1)c1ccccc1.[O]=[Ti]. The molecule has 5 heteroatoms. The van der Waals surface area contributed by atoms with Crippen molar-refractivity contribution in [2.75, 3.05) is 0 Å². The normalized spacial score (nSPS) is 11.9. The molecule has 4 aromatic rings. The van der Waals surface area contributed by atoms with Gasteiger partial charge in [-0.05, 0) is 58.6 Å². The van der Waals surface area contributed by atoms with E-state index >= 15 is 0 Å². The van der Waals surface area contributed by atoms with Crippen molar-refractivity contribution in [3.8, 4) is 11.5 Å². The summed E-state index contributed by atoms with van der Waals surface area (Å²) in [7, 11) is 0. The quantitative estimate of drug-likeness (QED) is 0.148. The Morgan fingerprint density at radius 2 is 1.22 bits per heavy atom. The van der Waals surface area contributed by atoms with E-state index in [1.54, 1.807) is 12.1 Å². The van der Waals surface area contributed by atoms with E-state index < -0.39 is 0 Å². The molecule has 2 atom stereocenters. The number of benzene rings is 4. The summed E-state index contributed by atoms with van der Waals surface area (Å²) >= 11 is 0.750. The first-order valence-corrected chi connectivity index (χ1v) is 12.8. The van der Waals surface area contributed by atoms with Gasteiger partial charge in [0.05, 0.1) is 5.57 Å². The molecular formula is C32H30O4Ti. The van der Waals surface area contributed by atoms with Crippen LogP contribution >= 0.6 is 0 Å². The Morgan fingerprint density at radius 1 is 0.703 bits per heavy atom. The van der Waals surface area contributed by atoms with Crippen molar-refractivity contribution in [2.24, 2.45) is 0 Å². The van der Waals surface area contributed by atoms with E-state index in [1.165, 1.54) is 5.56 Å². The second kappa shape index (κ2) is 13.7. The minimum absolute atomic E-state index is 0.166. The molecule has 186 valence electrons. The average Bonchev–Trinajstić information content (AvgIpc) is 2.95. The van der Waals surface area contributed by atoms with Gasteiger partial charge in [0.15, 0.2) is 11.5 Å². The Bertz CT molecular complexity index is 1350. The number of aromatic hydroxyl groups is 2. The van der Waals surface area contributed by atoms with E-state index in [-0.39, 0.29) is 28.6 Å². The topological polar surface area (TPSA) is 74.6 Å². The van der Waals surface area contributed by atoms with Gasteiger partial charge in [0.25, 0.3) is 0 Å². The van der Waals surface area contributed by atoms with E-state index in [4.69, 9.17) is 3.32 Å². The summed E-state index contributed by atoms with van der Waals surface area (Å²) in [5.41, 5.74) is 5.39. The third kappa shape index (κ3) is 7.02. The van der Waals surface area contributed by atoms with Crippen LogP contribution in [0, 0.1) is 0 Å². The van der Waals surface area contributed by atoms with E-state index in [2.05, 4.69) is 26.0 Å². The molecule has 0 heterocycles. The van der Waals surface area contributed by atoms with Crippen molar-refractivity contribution in [3.63, 3.8) is 0 Å². The Balaban J connectivity index is 0.00000186. The van der Waals surface area contributed by atoms with Crippen LogP contribution in [0.4, 0.5) is 0 Å². The molecule has 0 aliphatic carbocycles. The monoisotopic (exact) mass is 526 g/mol. The molecule has 0 radical (unpaired) electrons. The first-order chi connectivity index (χ1) is 18.0. The first kappa shape index (κ1) is 28.0. The van der Waals surface area contributed by atoms with Gasteiger partial charge in [-0.3, -0.25) is 0 Å². The third-order valence-corrected chi connectivity index (χ3v) is 6.65. The average molecular weight is 526 g/mol. The van der Waals surface area contributed by atoms with Crippen LogP contribution in [-0.4, -0.2) is 16.2 Å². The van der Waals surface area contributed by atoms with Crippen molar-refractivity contribution in [1.29, 1.82) is 0 Å². The summed E-state index contributed by atoms with van der Waals surface area (Å²) in [5, 5.41) is 21.5. The molecule has 4 aromatic carbocycles. The summed E-state index contributed by atoms with van der Waals surface area (Å²) in [4.78, 5) is 11.9. The fourth-order valence-electron chi connectivity index (χ4n) is 4.55. The van der Waals surface area contributed by atoms with Gasteiger partial charge in [-0.2, -0.15) is 0 Å². The Kier molecular flexibility index (Phi) is 10.4. The van der Waals surface area contributed by atoms with Gasteiger partial charge in [0.1, 0.15) is 5.94 Å². The van der Waals surface area contributed by atoms with Gasteiger partial charge in [-0.25, -0.2) is 4.79 Å². The Labute approximate surface area is 230 Å². The molecule has 0 bridgehead atoms. The van der Waals surface area contributed by atoms with E-state index in [1.807, 2.05) is 78.7 Å². The van der Waals surface area contributed by atoms with Gasteiger partial charge in [0, 0.05) is 5.56 Å². The number of hydrogen-bond donors (Lipinski definition) is 2. The molecule has 0 saturated heterocycles. The first-order valence-electron chi connectivity index (χ1n) is 12.2. The van der Waals surface area contributed by atoms with Crippen molar-refractivity contribution in [3.05, 3.63) is 130 Å². The summed E-state index contributed by atoms with van der Waals surface area (Å²) in [6, 6.07) is 31.6. The van der Waals surface area contributed by atoms with Crippen LogP contribution in [0.25, 0.3) is 5.57 Å². The molecular weight excluding hydrogens is 496 g/mol. The van der Waals surface area contributed by atoms with Gasteiger partial charge in [-0.1, -0.05) is 105 Å². The van der Waals surface area contributed by atoms with Crippen molar-refractivity contribution < 1.29 is 38.7 Å². The molecule has 37 heavy (non-hydrogen) atoms. The molecule has 2 unspecified atom stereocenters. The van der Waals surface area contributed by atoms with Crippen LogP contribution < -0.4 is 0 Å². The Hall–Kier alpha value is -3.56. The molecule has 4 rings (SSSR count). The van der Waals surface area contributed by atoms with Crippen LogP contribution in [0.15, 0.2) is 97.1 Å². The third-order valence-electron chi connectivity index (χ3n) is 6.65. The molecule has 0 aliphatic heterocycles. The number of phenols is 2. The van der Waals surface area contributed by atoms with E-state index in [0.29, 0.717) is 23.5 Å². The van der Waals surface area contributed by atoms with Crippen LogP contribution in [0.2, 0.25) is 0 Å². The van der Waals surface area contributed by atoms with Crippen LogP contribution in [-0.2, 0) is 41.4 Å². The molecule has 4 nitrogen and oxygen atoms in total. The van der Waals surface area contributed by atoms with Gasteiger partial charge in [0.2, 0.25) is 0 Å². The van der Waals surface area contributed by atoms with Gasteiger partial charge >= 0.3 is 23.7 Å². The maximum atomic E-state index is 11.9. The molecule has 0 aromatic heterocycles. The molecule has 0 aliphatic rings. The van der Waals surface area contributed by atoms with Gasteiger partial charge < -0.3 is 10.2 Å². The number of rotatable bonds is 8. The predicted molar refractivity (Wildman–Crippen MR) is 142 cm³/mol. The van der Waals surface area contributed by atoms with Crippen molar-refractivity contribution >= 4 is 11.5 Å². The summed E-state index contributed by atoms with van der Waals surface area (Å²) in [5.74, 6) is 2.03.